The maximum absolute atomic E-state index is 8.62. The first-order valence-corrected chi connectivity index (χ1v) is 5.92. The van der Waals surface area contributed by atoms with Crippen LogP contribution in [0.25, 0.3) is 0 Å². The van der Waals surface area contributed by atoms with E-state index in [1.54, 1.807) is 11.8 Å². The van der Waals surface area contributed by atoms with Crippen LogP contribution < -0.4 is 0 Å². The summed E-state index contributed by atoms with van der Waals surface area (Å²) in [7, 11) is 0. The number of rotatable bonds is 6. The molecule has 0 bridgehead atoms. The van der Waals surface area contributed by atoms with Gasteiger partial charge < -0.3 is 5.11 Å². The zero-order chi connectivity index (χ0) is 9.80. The van der Waals surface area contributed by atoms with Crippen LogP contribution in [-0.2, 0) is 0 Å². The van der Waals surface area contributed by atoms with E-state index in [0.717, 1.165) is 23.8 Å². The molecule has 5 nitrogen and oxygen atoms in total. The monoisotopic (exact) mass is 214 g/mol. The maximum atomic E-state index is 8.62. The first-order valence-electron chi connectivity index (χ1n) is 4.93. The molecule has 0 aromatic carbocycles. The van der Waals surface area contributed by atoms with Crippen molar-refractivity contribution in [3.63, 3.8) is 0 Å². The molecule has 0 radical (unpaired) electrons. The van der Waals surface area contributed by atoms with Crippen molar-refractivity contribution >= 4 is 11.8 Å². The highest BCUT2D eigenvalue weighted by atomic mass is 32.2. The van der Waals surface area contributed by atoms with Crippen LogP contribution in [0.15, 0.2) is 5.16 Å². The Labute approximate surface area is 86.9 Å². The van der Waals surface area contributed by atoms with Crippen LogP contribution in [-0.4, -0.2) is 37.7 Å². The lowest BCUT2D eigenvalue weighted by Gasteiger charge is -2.00. The molecule has 1 heterocycles. The van der Waals surface area contributed by atoms with Crippen molar-refractivity contribution < 1.29 is 5.11 Å². The summed E-state index contributed by atoms with van der Waals surface area (Å²) in [5.41, 5.74) is 0. The summed E-state index contributed by atoms with van der Waals surface area (Å²) in [5.74, 6) is 0.980. The van der Waals surface area contributed by atoms with Crippen LogP contribution in [0.2, 0.25) is 0 Å². The van der Waals surface area contributed by atoms with Crippen LogP contribution in [0.1, 0.15) is 31.7 Å². The second kappa shape index (κ2) is 4.75. The van der Waals surface area contributed by atoms with Gasteiger partial charge in [0.25, 0.3) is 0 Å². The molecule has 0 amide bonds. The van der Waals surface area contributed by atoms with E-state index in [1.165, 1.54) is 12.8 Å². The molecule has 1 aliphatic carbocycles. The Morgan fingerprint density at radius 3 is 3.00 bits per heavy atom. The van der Waals surface area contributed by atoms with E-state index in [2.05, 4.69) is 15.5 Å². The lowest BCUT2D eigenvalue weighted by Crippen LogP contribution is -1.99. The minimum atomic E-state index is 0.272. The Bertz CT molecular complexity index is 287. The number of aliphatic hydroxyl groups is 1. The van der Waals surface area contributed by atoms with Gasteiger partial charge in [0, 0.05) is 12.4 Å². The number of aliphatic hydroxyl groups excluding tert-OH is 1. The number of aromatic nitrogens is 4. The summed E-state index contributed by atoms with van der Waals surface area (Å²) in [6.07, 6.45) is 4.28. The highest BCUT2D eigenvalue weighted by Crippen LogP contribution is 2.36. The molecule has 2 rings (SSSR count). The molecule has 1 aliphatic rings. The van der Waals surface area contributed by atoms with Crippen molar-refractivity contribution in [3.8, 4) is 0 Å². The quantitative estimate of drug-likeness (QED) is 0.562. The van der Waals surface area contributed by atoms with Crippen molar-refractivity contribution in [2.24, 2.45) is 0 Å². The Morgan fingerprint density at radius 2 is 2.29 bits per heavy atom. The van der Waals surface area contributed by atoms with Gasteiger partial charge in [-0.2, -0.15) is 0 Å². The third-order valence-corrected chi connectivity index (χ3v) is 3.16. The number of thioether (sulfide) groups is 1. The van der Waals surface area contributed by atoms with Crippen LogP contribution in [0.5, 0.6) is 0 Å². The molecule has 0 spiro atoms. The van der Waals surface area contributed by atoms with Crippen LogP contribution >= 0.6 is 11.8 Å². The third-order valence-electron chi connectivity index (χ3n) is 2.14. The average molecular weight is 214 g/mol. The lowest BCUT2D eigenvalue weighted by molar-refractivity contribution is 0.287. The van der Waals surface area contributed by atoms with E-state index in [4.69, 9.17) is 5.11 Å². The van der Waals surface area contributed by atoms with Gasteiger partial charge >= 0.3 is 0 Å². The summed E-state index contributed by atoms with van der Waals surface area (Å²) in [6, 6.07) is 0.547. The standard InChI is InChI=1S/C8H14N4OS/c13-5-1-2-6-14-8-9-10-11-12(8)7-3-4-7/h7,13H,1-6H2. The molecule has 0 atom stereocenters. The lowest BCUT2D eigenvalue weighted by atomic mass is 10.4. The van der Waals surface area contributed by atoms with Crippen LogP contribution in [0.3, 0.4) is 0 Å². The Kier molecular flexibility index (Phi) is 3.36. The Morgan fingerprint density at radius 1 is 1.43 bits per heavy atom. The number of nitrogens with zero attached hydrogens (tertiary/aromatic N) is 4. The number of tetrazole rings is 1. The summed E-state index contributed by atoms with van der Waals surface area (Å²) in [5, 5.41) is 21.2. The summed E-state index contributed by atoms with van der Waals surface area (Å²) < 4.78 is 1.92. The molecule has 0 unspecified atom stereocenters. The fraction of sp³-hybridized carbons (Fsp3) is 0.875. The van der Waals surface area contributed by atoms with Gasteiger partial charge in [-0.25, -0.2) is 4.68 Å². The molecule has 0 saturated heterocycles. The molecular formula is C8H14N4OS. The molecule has 1 aromatic rings. The summed E-state index contributed by atoms with van der Waals surface area (Å²) >= 11 is 1.68. The van der Waals surface area contributed by atoms with Crippen LogP contribution in [0, 0.1) is 0 Å². The molecule has 0 aliphatic heterocycles. The topological polar surface area (TPSA) is 63.8 Å². The van der Waals surface area contributed by atoms with Gasteiger partial charge in [0.05, 0.1) is 6.04 Å². The number of hydrogen-bond donors (Lipinski definition) is 1. The van der Waals surface area contributed by atoms with Gasteiger partial charge in [0.2, 0.25) is 5.16 Å². The largest absolute Gasteiger partial charge is 0.396 e. The van der Waals surface area contributed by atoms with E-state index < -0.39 is 0 Å². The maximum Gasteiger partial charge on any atom is 0.209 e. The van der Waals surface area contributed by atoms with E-state index in [1.807, 2.05) is 4.68 Å². The van der Waals surface area contributed by atoms with Gasteiger partial charge in [-0.15, -0.1) is 5.10 Å². The summed E-state index contributed by atoms with van der Waals surface area (Å²) in [6.45, 7) is 0.272. The van der Waals surface area contributed by atoms with Gasteiger partial charge in [-0.05, 0) is 36.1 Å². The first-order chi connectivity index (χ1) is 6.92. The van der Waals surface area contributed by atoms with E-state index in [0.29, 0.717) is 6.04 Å². The van der Waals surface area contributed by atoms with Gasteiger partial charge in [0.15, 0.2) is 0 Å². The van der Waals surface area contributed by atoms with Crippen LogP contribution in [0.4, 0.5) is 0 Å². The normalized spacial score (nSPS) is 16.1. The van der Waals surface area contributed by atoms with Gasteiger partial charge in [-0.1, -0.05) is 11.8 Å². The molecule has 1 saturated carbocycles. The zero-order valence-electron chi connectivity index (χ0n) is 7.96. The van der Waals surface area contributed by atoms with Crippen molar-refractivity contribution in [2.45, 2.75) is 36.9 Å². The highest BCUT2D eigenvalue weighted by molar-refractivity contribution is 7.99. The zero-order valence-corrected chi connectivity index (χ0v) is 8.78. The second-order valence-electron chi connectivity index (χ2n) is 3.42. The van der Waals surface area contributed by atoms with Gasteiger partial charge in [0.1, 0.15) is 0 Å². The van der Waals surface area contributed by atoms with Gasteiger partial charge in [-0.3, -0.25) is 0 Å². The second-order valence-corrected chi connectivity index (χ2v) is 4.48. The average Bonchev–Trinajstić information content (AvgIpc) is 2.94. The summed E-state index contributed by atoms with van der Waals surface area (Å²) in [4.78, 5) is 0. The fourth-order valence-corrected chi connectivity index (χ4v) is 2.15. The van der Waals surface area contributed by atoms with Crippen molar-refractivity contribution in [1.29, 1.82) is 0 Å². The minimum Gasteiger partial charge on any atom is -0.396 e. The number of unbranched alkanes of at least 4 members (excludes halogenated alkanes) is 1. The Balaban J connectivity index is 1.80. The van der Waals surface area contributed by atoms with E-state index >= 15 is 0 Å². The van der Waals surface area contributed by atoms with Crippen molar-refractivity contribution in [3.05, 3.63) is 0 Å². The molecule has 6 heteroatoms. The first kappa shape index (κ1) is 9.92. The molecule has 1 aromatic heterocycles. The number of hydrogen-bond acceptors (Lipinski definition) is 5. The predicted molar refractivity (Wildman–Crippen MR) is 53.1 cm³/mol. The highest BCUT2D eigenvalue weighted by Gasteiger charge is 2.27. The van der Waals surface area contributed by atoms with E-state index in [-0.39, 0.29) is 6.61 Å². The van der Waals surface area contributed by atoms with Crippen molar-refractivity contribution in [1.82, 2.24) is 20.2 Å². The smallest absolute Gasteiger partial charge is 0.209 e. The molecule has 1 N–H and O–H groups in total. The SMILES string of the molecule is OCCCCSc1nnnn1C1CC1. The van der Waals surface area contributed by atoms with E-state index in [9.17, 15) is 0 Å². The minimum absolute atomic E-state index is 0.272. The van der Waals surface area contributed by atoms with Crippen molar-refractivity contribution in [2.75, 3.05) is 12.4 Å². The molecule has 14 heavy (non-hydrogen) atoms. The Hall–Kier alpha value is -0.620. The predicted octanol–water partition coefficient (Wildman–Crippen LogP) is 0.873. The molecular weight excluding hydrogens is 200 g/mol. The molecule has 78 valence electrons. The third kappa shape index (κ3) is 2.45. The fourth-order valence-electron chi connectivity index (χ4n) is 1.21. The molecule has 1 fully saturated rings.